The first-order valence-electron chi connectivity index (χ1n) is 17.1. The number of pyridine rings is 2. The summed E-state index contributed by atoms with van der Waals surface area (Å²) in [5, 5.41) is 5.31. The van der Waals surface area contributed by atoms with Crippen molar-refractivity contribution < 1.29 is 25.8 Å². The first-order valence-corrected chi connectivity index (χ1v) is 17.1. The van der Waals surface area contributed by atoms with Gasteiger partial charge in [-0.2, -0.15) is 6.07 Å². The quantitative estimate of drug-likeness (QED) is 0.128. The summed E-state index contributed by atoms with van der Waals surface area (Å²) in [7, 11) is 0. The minimum Gasteiger partial charge on any atom is -0.503 e. The van der Waals surface area contributed by atoms with Crippen LogP contribution < -0.4 is 4.74 Å². The molecular formula is C46H30N4OPt. The van der Waals surface area contributed by atoms with E-state index in [0.717, 1.165) is 77.5 Å². The van der Waals surface area contributed by atoms with Gasteiger partial charge in [-0.3, -0.25) is 4.98 Å². The van der Waals surface area contributed by atoms with Crippen LogP contribution in [0.3, 0.4) is 0 Å². The fourth-order valence-electron chi connectivity index (χ4n) is 7.54. The molecule has 0 N–H and O–H groups in total. The van der Waals surface area contributed by atoms with Crippen molar-refractivity contribution in [3.63, 3.8) is 0 Å². The third-order valence-corrected chi connectivity index (χ3v) is 9.91. The summed E-state index contributed by atoms with van der Waals surface area (Å²) in [6.07, 6.45) is 1.81. The number of rotatable bonds is 5. The first-order chi connectivity index (χ1) is 25.1. The Morgan fingerprint density at radius 2 is 1.17 bits per heavy atom. The molecule has 4 heterocycles. The van der Waals surface area contributed by atoms with E-state index in [4.69, 9.17) is 9.72 Å². The third kappa shape index (κ3) is 4.96. The number of fused-ring (bicyclic) bond motifs is 9. The minimum absolute atomic E-state index is 0. The number of imidazole rings is 1. The smallest absolute Gasteiger partial charge is 0.503 e. The van der Waals surface area contributed by atoms with Crippen molar-refractivity contribution in [2.75, 3.05) is 0 Å². The summed E-state index contributed by atoms with van der Waals surface area (Å²) in [6, 6.07) is 55.3. The van der Waals surface area contributed by atoms with Crippen LogP contribution in [0.15, 0.2) is 146 Å². The van der Waals surface area contributed by atoms with Gasteiger partial charge >= 0.3 is 21.1 Å². The maximum Gasteiger partial charge on any atom is 2.00 e. The molecule has 0 amide bonds. The molecule has 0 aliphatic heterocycles. The minimum atomic E-state index is 0. The van der Waals surface area contributed by atoms with E-state index in [0.29, 0.717) is 11.5 Å². The number of aromatic nitrogens is 4. The van der Waals surface area contributed by atoms with Crippen molar-refractivity contribution in [3.05, 3.63) is 169 Å². The number of benzene rings is 6. The van der Waals surface area contributed by atoms with E-state index < -0.39 is 0 Å². The molecule has 10 aromatic rings. The summed E-state index contributed by atoms with van der Waals surface area (Å²) in [6.45, 7) is 4.31. The number of hydrogen-bond donors (Lipinski definition) is 0. The molecule has 0 fully saturated rings. The van der Waals surface area contributed by atoms with Crippen molar-refractivity contribution >= 4 is 49.1 Å². The summed E-state index contributed by atoms with van der Waals surface area (Å²) in [5.41, 5.74) is 10.5. The fourth-order valence-corrected chi connectivity index (χ4v) is 7.54. The molecule has 0 atom stereocenters. The van der Waals surface area contributed by atoms with E-state index >= 15 is 0 Å². The molecule has 250 valence electrons. The summed E-state index contributed by atoms with van der Waals surface area (Å²) >= 11 is 0. The van der Waals surface area contributed by atoms with Crippen LogP contribution in [0.2, 0.25) is 0 Å². The van der Waals surface area contributed by atoms with Gasteiger partial charge in [0.25, 0.3) is 0 Å². The molecule has 4 aromatic heterocycles. The van der Waals surface area contributed by atoms with Gasteiger partial charge in [0.1, 0.15) is 5.82 Å². The van der Waals surface area contributed by atoms with Crippen LogP contribution in [0.1, 0.15) is 11.1 Å². The van der Waals surface area contributed by atoms with Gasteiger partial charge in [-0.25, -0.2) is 4.98 Å². The van der Waals surface area contributed by atoms with Gasteiger partial charge in [-0.05, 0) is 60.0 Å². The van der Waals surface area contributed by atoms with Crippen LogP contribution >= 0.6 is 0 Å². The molecule has 0 bridgehead atoms. The number of ether oxygens (including phenoxy) is 1. The number of nitrogens with zero attached hydrogens (tertiary/aromatic N) is 4. The average molecular weight is 850 g/mol. The molecule has 6 aromatic carbocycles. The van der Waals surface area contributed by atoms with Crippen LogP contribution in [-0.2, 0) is 21.1 Å². The predicted octanol–water partition coefficient (Wildman–Crippen LogP) is 11.5. The Morgan fingerprint density at radius 1 is 0.558 bits per heavy atom. The monoisotopic (exact) mass is 849 g/mol. The van der Waals surface area contributed by atoms with Crippen LogP contribution in [0.5, 0.6) is 11.5 Å². The van der Waals surface area contributed by atoms with Crippen LogP contribution in [0, 0.1) is 26.0 Å². The van der Waals surface area contributed by atoms with Crippen LogP contribution in [0.25, 0.3) is 77.5 Å². The van der Waals surface area contributed by atoms with E-state index in [-0.39, 0.29) is 21.1 Å². The summed E-state index contributed by atoms with van der Waals surface area (Å²) in [4.78, 5) is 10.1. The second-order valence-electron chi connectivity index (χ2n) is 13.0. The number of para-hydroxylation sites is 2. The second-order valence-corrected chi connectivity index (χ2v) is 13.0. The topological polar surface area (TPSA) is 44.3 Å². The fraction of sp³-hybridized carbons (Fsp3) is 0.0435. The Kier molecular flexibility index (Phi) is 7.75. The molecule has 0 saturated carbocycles. The molecule has 0 aliphatic rings. The van der Waals surface area contributed by atoms with Gasteiger partial charge in [0.05, 0.1) is 17.0 Å². The Balaban J connectivity index is 0.00000360. The Labute approximate surface area is 315 Å². The maximum atomic E-state index is 6.61. The standard InChI is InChI=1S/C46H30N4O.Pt/c1-29-13-3-5-15-33(29)44-45(34-16-6-4-14-30(34)2)50-41-20-10-7-17-36(41)35-24-22-31(27-39(35)46(50)48-44)51-32-23-25-38-37-18-8-9-19-40(37)49(42(38)28-32)43-21-11-12-26-47-43;/h3-26H,1-2H3;/q-2;+2. The van der Waals surface area contributed by atoms with E-state index in [9.17, 15) is 0 Å². The molecule has 6 heteroatoms. The summed E-state index contributed by atoms with van der Waals surface area (Å²) in [5.74, 6) is 2.02. The summed E-state index contributed by atoms with van der Waals surface area (Å²) < 4.78 is 11.1. The van der Waals surface area contributed by atoms with E-state index in [2.05, 4.69) is 149 Å². The average Bonchev–Trinajstić information content (AvgIpc) is 3.72. The van der Waals surface area contributed by atoms with E-state index in [1.165, 1.54) is 11.1 Å². The largest absolute Gasteiger partial charge is 2.00 e. The van der Waals surface area contributed by atoms with Gasteiger partial charge in [0.15, 0.2) is 0 Å². The van der Waals surface area contributed by atoms with Gasteiger partial charge < -0.3 is 13.7 Å². The molecule has 0 spiro atoms. The van der Waals surface area contributed by atoms with E-state index in [1.54, 1.807) is 0 Å². The van der Waals surface area contributed by atoms with Crippen molar-refractivity contribution in [2.45, 2.75) is 13.8 Å². The van der Waals surface area contributed by atoms with Crippen molar-refractivity contribution in [3.8, 4) is 39.8 Å². The Bertz CT molecular complexity index is 2980. The zero-order valence-corrected chi connectivity index (χ0v) is 30.6. The molecule has 0 saturated heterocycles. The second kappa shape index (κ2) is 12.6. The predicted molar refractivity (Wildman–Crippen MR) is 207 cm³/mol. The molecule has 0 aliphatic carbocycles. The third-order valence-electron chi connectivity index (χ3n) is 9.91. The van der Waals surface area contributed by atoms with Gasteiger partial charge in [0.2, 0.25) is 0 Å². The molecule has 5 nitrogen and oxygen atoms in total. The maximum absolute atomic E-state index is 6.61. The Hall–Kier alpha value is -6.03. The molecule has 52 heavy (non-hydrogen) atoms. The van der Waals surface area contributed by atoms with Crippen LogP contribution in [0.4, 0.5) is 0 Å². The first kappa shape index (κ1) is 31.9. The van der Waals surface area contributed by atoms with Crippen molar-refractivity contribution in [1.29, 1.82) is 0 Å². The van der Waals surface area contributed by atoms with E-state index in [1.807, 2.05) is 36.5 Å². The van der Waals surface area contributed by atoms with Crippen molar-refractivity contribution in [1.82, 2.24) is 18.9 Å². The van der Waals surface area contributed by atoms with Gasteiger partial charge in [0, 0.05) is 39.9 Å². The number of aryl methyl sites for hydroxylation is 2. The molecule has 0 unspecified atom stereocenters. The number of hydrogen-bond acceptors (Lipinski definition) is 3. The normalized spacial score (nSPS) is 11.5. The Morgan fingerprint density at radius 3 is 1.90 bits per heavy atom. The molecule has 10 rings (SSSR count). The van der Waals surface area contributed by atoms with Crippen LogP contribution in [-0.4, -0.2) is 18.9 Å². The van der Waals surface area contributed by atoms with Gasteiger partial charge in [-0.1, -0.05) is 113 Å². The molecular weight excluding hydrogens is 820 g/mol. The zero-order valence-electron chi connectivity index (χ0n) is 28.4. The zero-order chi connectivity index (χ0) is 34.1. The van der Waals surface area contributed by atoms with Gasteiger partial charge in [-0.15, -0.1) is 29.7 Å². The SMILES string of the molecule is Cc1ccccc1-c1nc2c3[c-]c(Oc4[c-]c5c(cc4)c4ccccc4n5-c4ccccn4)ccc3c3ccccc3n2c1-c1ccccc1C.[Pt+2]. The van der Waals surface area contributed by atoms with Crippen molar-refractivity contribution in [2.24, 2.45) is 0 Å². The molecule has 0 radical (unpaired) electrons.